The topological polar surface area (TPSA) is 55.3 Å². The second kappa shape index (κ2) is 7.38. The second-order valence-electron chi connectivity index (χ2n) is 5.91. The molecule has 2 aromatic rings. The first kappa shape index (κ1) is 16.4. The van der Waals surface area contributed by atoms with Gasteiger partial charge < -0.3 is 9.64 Å². The van der Waals surface area contributed by atoms with Gasteiger partial charge in [-0.2, -0.15) is 4.98 Å². The number of anilines is 1. The van der Waals surface area contributed by atoms with Gasteiger partial charge in [-0.15, -0.1) is 0 Å². The molecule has 1 aliphatic rings. The van der Waals surface area contributed by atoms with Gasteiger partial charge in [0.05, 0.1) is 0 Å². The van der Waals surface area contributed by atoms with Gasteiger partial charge in [0.15, 0.2) is 12.4 Å². The van der Waals surface area contributed by atoms with E-state index in [0.717, 1.165) is 31.6 Å². The third-order valence-corrected chi connectivity index (χ3v) is 3.98. The molecular formula is C18H20FN3O2. The average Bonchev–Trinajstić information content (AvgIpc) is 2.60. The number of aryl methyl sites for hydroxylation is 1. The van der Waals surface area contributed by atoms with Gasteiger partial charge in [-0.05, 0) is 50.5 Å². The number of Topliss-reactive ketones (excluding diaryl/α,β-unsaturated/α-hetero) is 1. The van der Waals surface area contributed by atoms with Crippen molar-refractivity contribution in [2.24, 2.45) is 0 Å². The van der Waals surface area contributed by atoms with Crippen LogP contribution in [0.2, 0.25) is 0 Å². The van der Waals surface area contributed by atoms with E-state index in [0.29, 0.717) is 17.4 Å². The van der Waals surface area contributed by atoms with Crippen LogP contribution in [0.15, 0.2) is 30.3 Å². The Morgan fingerprint density at radius 2 is 1.88 bits per heavy atom. The summed E-state index contributed by atoms with van der Waals surface area (Å²) in [5.74, 6) is 0.452. The van der Waals surface area contributed by atoms with E-state index in [1.165, 1.54) is 30.7 Å². The highest BCUT2D eigenvalue weighted by Gasteiger charge is 2.15. The summed E-state index contributed by atoms with van der Waals surface area (Å²) in [4.78, 5) is 23.1. The third-order valence-electron chi connectivity index (χ3n) is 3.98. The largest absolute Gasteiger partial charge is 0.469 e. The van der Waals surface area contributed by atoms with Gasteiger partial charge in [0.2, 0.25) is 11.8 Å². The molecule has 1 saturated heterocycles. The number of ether oxygens (including phenoxy) is 1. The fourth-order valence-electron chi connectivity index (χ4n) is 2.69. The molecule has 0 atom stereocenters. The number of piperidine rings is 1. The predicted molar refractivity (Wildman–Crippen MR) is 89.1 cm³/mol. The minimum absolute atomic E-state index is 0.137. The fraction of sp³-hybridized carbons (Fsp3) is 0.389. The summed E-state index contributed by atoms with van der Waals surface area (Å²) < 4.78 is 18.4. The molecule has 5 nitrogen and oxygen atoms in total. The first-order valence-electron chi connectivity index (χ1n) is 8.14. The summed E-state index contributed by atoms with van der Waals surface area (Å²) in [6.45, 7) is 3.63. The molecule has 6 heteroatoms. The van der Waals surface area contributed by atoms with E-state index < -0.39 is 0 Å². The van der Waals surface area contributed by atoms with Crippen molar-refractivity contribution in [2.45, 2.75) is 26.2 Å². The number of ketones is 1. The van der Waals surface area contributed by atoms with Crippen LogP contribution in [0.3, 0.4) is 0 Å². The Morgan fingerprint density at radius 1 is 1.17 bits per heavy atom. The van der Waals surface area contributed by atoms with Crippen LogP contribution in [0.5, 0.6) is 5.88 Å². The molecule has 0 saturated carbocycles. The summed E-state index contributed by atoms with van der Waals surface area (Å²) in [6, 6.07) is 7.13. The Labute approximate surface area is 140 Å². The lowest BCUT2D eigenvalue weighted by Gasteiger charge is -2.26. The summed E-state index contributed by atoms with van der Waals surface area (Å²) in [5.41, 5.74) is 1.22. The van der Waals surface area contributed by atoms with Crippen molar-refractivity contribution in [3.63, 3.8) is 0 Å². The predicted octanol–water partition coefficient (Wildman–Crippen LogP) is 3.18. The number of aromatic nitrogens is 2. The van der Waals surface area contributed by atoms with E-state index in [9.17, 15) is 9.18 Å². The van der Waals surface area contributed by atoms with Crippen molar-refractivity contribution in [3.8, 4) is 5.88 Å². The number of nitrogens with zero attached hydrogens (tertiary/aromatic N) is 3. The van der Waals surface area contributed by atoms with Crippen LogP contribution in [0.1, 0.15) is 35.3 Å². The van der Waals surface area contributed by atoms with Gasteiger partial charge >= 0.3 is 0 Å². The Bertz CT molecular complexity index is 713. The summed E-state index contributed by atoms with van der Waals surface area (Å²) in [6.07, 6.45) is 3.50. The highest BCUT2D eigenvalue weighted by molar-refractivity contribution is 5.97. The van der Waals surface area contributed by atoms with Crippen molar-refractivity contribution in [3.05, 3.63) is 47.4 Å². The van der Waals surface area contributed by atoms with Crippen LogP contribution >= 0.6 is 0 Å². The molecule has 0 spiro atoms. The zero-order valence-corrected chi connectivity index (χ0v) is 13.7. The molecule has 0 bridgehead atoms. The standard InChI is InChI=1S/C18H20FN3O2/c1-13-11-17(21-18(20-13)22-9-3-2-4-10-22)24-12-16(23)14-5-7-15(19)8-6-14/h5-8,11H,2-4,9-10,12H2,1H3. The monoisotopic (exact) mass is 329 g/mol. The Balaban J connectivity index is 1.67. The molecule has 0 N–H and O–H groups in total. The Morgan fingerprint density at radius 3 is 2.58 bits per heavy atom. The van der Waals surface area contributed by atoms with Crippen LogP contribution in [0, 0.1) is 12.7 Å². The van der Waals surface area contributed by atoms with Crippen molar-refractivity contribution >= 4 is 11.7 Å². The summed E-state index contributed by atoms with van der Waals surface area (Å²) in [5, 5.41) is 0. The zero-order valence-electron chi connectivity index (χ0n) is 13.7. The van der Waals surface area contributed by atoms with E-state index in [2.05, 4.69) is 14.9 Å². The first-order valence-corrected chi connectivity index (χ1v) is 8.14. The third kappa shape index (κ3) is 4.07. The van der Waals surface area contributed by atoms with Gasteiger partial charge in [0, 0.05) is 30.4 Å². The van der Waals surface area contributed by atoms with Crippen LogP contribution in [-0.4, -0.2) is 35.4 Å². The minimum Gasteiger partial charge on any atom is -0.469 e. The molecule has 1 aromatic carbocycles. The van der Waals surface area contributed by atoms with Gasteiger partial charge in [-0.1, -0.05) is 0 Å². The molecule has 1 aliphatic heterocycles. The molecule has 1 aromatic heterocycles. The molecule has 0 radical (unpaired) electrons. The smallest absolute Gasteiger partial charge is 0.228 e. The lowest BCUT2D eigenvalue weighted by molar-refractivity contribution is 0.0918. The van der Waals surface area contributed by atoms with Gasteiger partial charge in [-0.25, -0.2) is 9.37 Å². The minimum atomic E-state index is -0.370. The lowest BCUT2D eigenvalue weighted by atomic mass is 10.1. The maximum Gasteiger partial charge on any atom is 0.228 e. The molecule has 2 heterocycles. The van der Waals surface area contributed by atoms with Crippen LogP contribution in [-0.2, 0) is 0 Å². The van der Waals surface area contributed by atoms with Crippen LogP contribution < -0.4 is 9.64 Å². The Hall–Kier alpha value is -2.50. The van der Waals surface area contributed by atoms with Gasteiger partial charge in [0.1, 0.15) is 5.82 Å². The zero-order chi connectivity index (χ0) is 16.9. The van der Waals surface area contributed by atoms with E-state index >= 15 is 0 Å². The molecule has 1 fully saturated rings. The molecule has 0 aliphatic carbocycles. The SMILES string of the molecule is Cc1cc(OCC(=O)c2ccc(F)cc2)nc(N2CCCCC2)n1. The first-order chi connectivity index (χ1) is 11.6. The van der Waals surface area contributed by atoms with Crippen molar-refractivity contribution < 1.29 is 13.9 Å². The number of rotatable bonds is 5. The summed E-state index contributed by atoms with van der Waals surface area (Å²) in [7, 11) is 0. The summed E-state index contributed by atoms with van der Waals surface area (Å²) >= 11 is 0. The lowest BCUT2D eigenvalue weighted by Crippen LogP contribution is -2.31. The number of halogens is 1. The number of benzene rings is 1. The highest BCUT2D eigenvalue weighted by atomic mass is 19.1. The number of carbonyl (C=O) groups is 1. The molecule has 3 rings (SSSR count). The van der Waals surface area contributed by atoms with Crippen LogP contribution in [0.25, 0.3) is 0 Å². The maximum absolute atomic E-state index is 12.9. The van der Waals surface area contributed by atoms with Gasteiger partial charge in [-0.3, -0.25) is 4.79 Å². The van der Waals surface area contributed by atoms with Crippen molar-refractivity contribution in [2.75, 3.05) is 24.6 Å². The van der Waals surface area contributed by atoms with Crippen molar-refractivity contribution in [1.29, 1.82) is 0 Å². The van der Waals surface area contributed by atoms with E-state index in [-0.39, 0.29) is 18.2 Å². The van der Waals surface area contributed by atoms with Gasteiger partial charge in [0.25, 0.3) is 0 Å². The molecule has 126 valence electrons. The Kier molecular flexibility index (Phi) is 5.03. The highest BCUT2D eigenvalue weighted by Crippen LogP contribution is 2.19. The quantitative estimate of drug-likeness (QED) is 0.789. The van der Waals surface area contributed by atoms with E-state index in [1.807, 2.05) is 6.92 Å². The molecule has 0 amide bonds. The van der Waals surface area contributed by atoms with Crippen LogP contribution in [0.4, 0.5) is 10.3 Å². The number of hydrogen-bond acceptors (Lipinski definition) is 5. The fourth-order valence-corrected chi connectivity index (χ4v) is 2.69. The molecular weight excluding hydrogens is 309 g/mol. The second-order valence-corrected chi connectivity index (χ2v) is 5.91. The average molecular weight is 329 g/mol. The maximum atomic E-state index is 12.9. The normalized spacial score (nSPS) is 14.5. The molecule has 24 heavy (non-hydrogen) atoms. The van der Waals surface area contributed by atoms with E-state index in [1.54, 1.807) is 6.07 Å². The van der Waals surface area contributed by atoms with E-state index in [4.69, 9.17) is 4.74 Å². The number of hydrogen-bond donors (Lipinski definition) is 0. The molecule has 0 unspecified atom stereocenters. The number of carbonyl (C=O) groups excluding carboxylic acids is 1. The van der Waals surface area contributed by atoms with Crippen molar-refractivity contribution in [1.82, 2.24) is 9.97 Å².